The minimum atomic E-state index is -0.382. The first-order valence-corrected chi connectivity index (χ1v) is 6.44. The Hall–Kier alpha value is -2.27. The van der Waals surface area contributed by atoms with Gasteiger partial charge in [0, 0.05) is 11.6 Å². The Morgan fingerprint density at radius 3 is 2.53 bits per heavy atom. The van der Waals surface area contributed by atoms with Crippen LogP contribution in [0.15, 0.2) is 51.8 Å². The maximum Gasteiger partial charge on any atom is 0.290 e. The highest BCUT2D eigenvalue weighted by Crippen LogP contribution is 2.28. The van der Waals surface area contributed by atoms with E-state index in [4.69, 9.17) is 4.42 Å². The molecule has 5 heteroatoms. The Bertz CT molecular complexity index is 673. The molecule has 0 unspecified atom stereocenters. The Labute approximate surface area is 113 Å². The van der Waals surface area contributed by atoms with Crippen molar-refractivity contribution in [1.29, 1.82) is 0 Å². The Kier molecular flexibility index (Phi) is 2.97. The van der Waals surface area contributed by atoms with Gasteiger partial charge in [0.05, 0.1) is 4.91 Å². The smallest absolute Gasteiger partial charge is 0.290 e. The summed E-state index contributed by atoms with van der Waals surface area (Å²) in [5.74, 6) is 0.890. The molecule has 4 nitrogen and oxygen atoms in total. The fourth-order valence-corrected chi connectivity index (χ4v) is 2.40. The third-order valence-electron chi connectivity index (χ3n) is 2.60. The summed E-state index contributed by atoms with van der Waals surface area (Å²) < 4.78 is 5.63. The van der Waals surface area contributed by atoms with Crippen LogP contribution >= 0.6 is 11.8 Å². The first kappa shape index (κ1) is 11.8. The molecule has 1 saturated heterocycles. The maximum absolute atomic E-state index is 11.4. The van der Waals surface area contributed by atoms with Crippen molar-refractivity contribution < 1.29 is 14.0 Å². The van der Waals surface area contributed by atoms with Crippen LogP contribution in [0.25, 0.3) is 17.4 Å². The van der Waals surface area contributed by atoms with Crippen LogP contribution in [0.3, 0.4) is 0 Å². The van der Waals surface area contributed by atoms with Crippen molar-refractivity contribution >= 4 is 29.0 Å². The summed E-state index contributed by atoms with van der Waals surface area (Å²) in [6.45, 7) is 0. The molecule has 3 rings (SSSR count). The summed E-state index contributed by atoms with van der Waals surface area (Å²) in [7, 11) is 0. The van der Waals surface area contributed by atoms with Crippen LogP contribution in [0, 0.1) is 0 Å². The second-order valence-electron chi connectivity index (χ2n) is 3.92. The first-order valence-electron chi connectivity index (χ1n) is 5.62. The van der Waals surface area contributed by atoms with Crippen LogP contribution in [-0.4, -0.2) is 11.1 Å². The lowest BCUT2D eigenvalue weighted by molar-refractivity contribution is -0.115. The van der Waals surface area contributed by atoms with Gasteiger partial charge in [-0.15, -0.1) is 0 Å². The number of benzene rings is 1. The first-order chi connectivity index (χ1) is 9.22. The molecule has 0 radical (unpaired) electrons. The molecule has 2 aromatic rings. The topological polar surface area (TPSA) is 59.3 Å². The van der Waals surface area contributed by atoms with E-state index in [0.717, 1.165) is 23.1 Å². The van der Waals surface area contributed by atoms with E-state index in [0.29, 0.717) is 10.7 Å². The second-order valence-corrected chi connectivity index (χ2v) is 4.94. The molecule has 0 aliphatic carbocycles. The van der Waals surface area contributed by atoms with E-state index in [2.05, 4.69) is 5.32 Å². The molecule has 0 bridgehead atoms. The normalized spacial score (nSPS) is 16.9. The molecule has 0 atom stereocenters. The molecule has 19 heavy (non-hydrogen) atoms. The van der Waals surface area contributed by atoms with Crippen LogP contribution in [0.1, 0.15) is 5.76 Å². The van der Waals surface area contributed by atoms with Gasteiger partial charge in [-0.25, -0.2) is 0 Å². The van der Waals surface area contributed by atoms with Crippen molar-refractivity contribution in [3.63, 3.8) is 0 Å². The molecule has 1 fully saturated rings. The Morgan fingerprint density at radius 1 is 1.05 bits per heavy atom. The standard InChI is InChI=1S/C14H9NO3S/c16-13-12(19-14(17)15-13)8-10-6-7-11(18-10)9-4-2-1-3-5-9/h1-8H,(H,15,16,17)/b12-8-. The van der Waals surface area contributed by atoms with E-state index in [1.54, 1.807) is 12.1 Å². The van der Waals surface area contributed by atoms with Crippen molar-refractivity contribution in [2.45, 2.75) is 0 Å². The largest absolute Gasteiger partial charge is 0.457 e. The van der Waals surface area contributed by atoms with Gasteiger partial charge in [0.15, 0.2) is 0 Å². The number of carbonyl (C=O) groups excluding carboxylic acids is 2. The van der Waals surface area contributed by atoms with Crippen LogP contribution in [0.4, 0.5) is 4.79 Å². The number of imide groups is 1. The lowest BCUT2D eigenvalue weighted by Crippen LogP contribution is -2.17. The van der Waals surface area contributed by atoms with Crippen molar-refractivity contribution in [2.24, 2.45) is 0 Å². The fraction of sp³-hybridized carbons (Fsp3) is 0. The SMILES string of the molecule is O=C1NC(=O)/C(=C/c2ccc(-c3ccccc3)o2)S1. The number of nitrogens with one attached hydrogen (secondary N) is 1. The summed E-state index contributed by atoms with van der Waals surface area (Å²) in [5, 5.41) is 1.85. The number of carbonyl (C=O) groups is 2. The lowest BCUT2D eigenvalue weighted by Gasteiger charge is -1.95. The van der Waals surface area contributed by atoms with Gasteiger partial charge in [0.1, 0.15) is 11.5 Å². The van der Waals surface area contributed by atoms with Gasteiger partial charge in [-0.2, -0.15) is 0 Å². The molecular weight excluding hydrogens is 262 g/mol. The monoisotopic (exact) mass is 271 g/mol. The van der Waals surface area contributed by atoms with E-state index < -0.39 is 0 Å². The number of hydrogen-bond donors (Lipinski definition) is 1. The number of hydrogen-bond acceptors (Lipinski definition) is 4. The minimum absolute atomic E-state index is 0.346. The zero-order valence-electron chi connectivity index (χ0n) is 9.75. The zero-order chi connectivity index (χ0) is 13.2. The van der Waals surface area contributed by atoms with E-state index in [1.165, 1.54) is 0 Å². The second kappa shape index (κ2) is 4.78. The van der Waals surface area contributed by atoms with Gasteiger partial charge in [0.2, 0.25) is 0 Å². The quantitative estimate of drug-likeness (QED) is 0.852. The summed E-state index contributed by atoms with van der Waals surface area (Å²) in [6.07, 6.45) is 1.57. The molecule has 2 heterocycles. The van der Waals surface area contributed by atoms with E-state index >= 15 is 0 Å². The van der Waals surface area contributed by atoms with E-state index in [9.17, 15) is 9.59 Å². The molecule has 0 saturated carbocycles. The van der Waals surface area contributed by atoms with Crippen LogP contribution in [-0.2, 0) is 4.79 Å². The molecule has 1 aliphatic rings. The highest BCUT2D eigenvalue weighted by molar-refractivity contribution is 8.18. The zero-order valence-corrected chi connectivity index (χ0v) is 10.6. The van der Waals surface area contributed by atoms with Gasteiger partial charge in [-0.05, 0) is 23.9 Å². The highest BCUT2D eigenvalue weighted by atomic mass is 32.2. The van der Waals surface area contributed by atoms with Crippen LogP contribution in [0.5, 0.6) is 0 Å². The van der Waals surface area contributed by atoms with E-state index in [-0.39, 0.29) is 11.1 Å². The molecule has 1 N–H and O–H groups in total. The molecule has 1 aliphatic heterocycles. The molecule has 1 aromatic carbocycles. The summed E-state index contributed by atoms with van der Waals surface area (Å²) in [6, 6.07) is 13.3. The van der Waals surface area contributed by atoms with Crippen molar-refractivity contribution in [3.05, 3.63) is 53.1 Å². The average molecular weight is 271 g/mol. The fourth-order valence-electron chi connectivity index (χ4n) is 1.74. The number of amides is 2. The minimum Gasteiger partial charge on any atom is -0.457 e. The molecule has 2 amide bonds. The summed E-state index contributed by atoms with van der Waals surface area (Å²) in [4.78, 5) is 22.8. The average Bonchev–Trinajstić information content (AvgIpc) is 2.99. The number of rotatable bonds is 2. The van der Waals surface area contributed by atoms with E-state index in [1.807, 2.05) is 36.4 Å². The third kappa shape index (κ3) is 2.46. The van der Waals surface area contributed by atoms with Gasteiger partial charge in [-0.1, -0.05) is 30.3 Å². The van der Waals surface area contributed by atoms with Gasteiger partial charge < -0.3 is 4.42 Å². The lowest BCUT2D eigenvalue weighted by atomic mass is 10.2. The molecule has 0 spiro atoms. The van der Waals surface area contributed by atoms with Gasteiger partial charge in [0.25, 0.3) is 11.1 Å². The third-order valence-corrected chi connectivity index (χ3v) is 3.41. The summed E-state index contributed by atoms with van der Waals surface area (Å²) >= 11 is 0.875. The van der Waals surface area contributed by atoms with Gasteiger partial charge in [-0.3, -0.25) is 14.9 Å². The van der Waals surface area contributed by atoms with Crippen molar-refractivity contribution in [3.8, 4) is 11.3 Å². The van der Waals surface area contributed by atoms with Crippen molar-refractivity contribution in [1.82, 2.24) is 5.32 Å². The summed E-state index contributed by atoms with van der Waals surface area (Å²) in [5.41, 5.74) is 0.965. The molecular formula is C14H9NO3S. The Morgan fingerprint density at radius 2 is 1.84 bits per heavy atom. The Balaban J connectivity index is 1.89. The maximum atomic E-state index is 11.4. The predicted molar refractivity (Wildman–Crippen MR) is 73.3 cm³/mol. The number of furan rings is 1. The molecule has 94 valence electrons. The van der Waals surface area contributed by atoms with Crippen LogP contribution < -0.4 is 5.32 Å². The van der Waals surface area contributed by atoms with Crippen molar-refractivity contribution in [2.75, 3.05) is 0 Å². The highest BCUT2D eigenvalue weighted by Gasteiger charge is 2.25. The predicted octanol–water partition coefficient (Wildman–Crippen LogP) is 3.27. The van der Waals surface area contributed by atoms with Gasteiger partial charge >= 0.3 is 0 Å². The number of thioether (sulfide) groups is 1. The molecule has 1 aromatic heterocycles. The van der Waals surface area contributed by atoms with Crippen LogP contribution in [0.2, 0.25) is 0 Å².